The van der Waals surface area contributed by atoms with Gasteiger partial charge in [-0.15, -0.1) is 0 Å². The molecule has 10 heteroatoms. The summed E-state index contributed by atoms with van der Waals surface area (Å²) in [6.45, 7) is 1.95. The fraction of sp³-hybridized carbons (Fsp3) is 0.375. The second-order valence-corrected chi connectivity index (χ2v) is 11.0. The lowest BCUT2D eigenvalue weighted by atomic mass is 10.0. The van der Waals surface area contributed by atoms with Crippen molar-refractivity contribution in [2.45, 2.75) is 25.8 Å². The third-order valence-corrected chi connectivity index (χ3v) is 6.97. The van der Waals surface area contributed by atoms with Crippen molar-refractivity contribution in [3.05, 3.63) is 59.0 Å². The summed E-state index contributed by atoms with van der Waals surface area (Å²) in [5.74, 6) is 1.26. The summed E-state index contributed by atoms with van der Waals surface area (Å²) in [5.41, 5.74) is 2.82. The fourth-order valence-corrected chi connectivity index (χ4v) is 5.08. The SMILES string of the molecule is CS(=O)(=O)Nc1cccc(-c2ccc(-c3n[nH]c(=O)n3C[C@@H]3CCN(C(=O)C4CC4)C3)cc2)c1. The lowest BCUT2D eigenvalue weighted by Crippen LogP contribution is -2.31. The van der Waals surface area contributed by atoms with Gasteiger partial charge in [-0.25, -0.2) is 18.3 Å². The third-order valence-electron chi connectivity index (χ3n) is 6.37. The van der Waals surface area contributed by atoms with Crippen LogP contribution in [0.15, 0.2) is 53.3 Å². The Morgan fingerprint density at radius 3 is 2.53 bits per heavy atom. The largest absolute Gasteiger partial charge is 0.343 e. The van der Waals surface area contributed by atoms with Crippen molar-refractivity contribution in [3.63, 3.8) is 0 Å². The Balaban J connectivity index is 1.32. The van der Waals surface area contributed by atoms with E-state index in [0.717, 1.165) is 48.8 Å². The van der Waals surface area contributed by atoms with E-state index in [2.05, 4.69) is 14.9 Å². The molecule has 2 heterocycles. The zero-order chi connectivity index (χ0) is 23.9. The van der Waals surface area contributed by atoms with E-state index in [-0.39, 0.29) is 23.4 Å². The van der Waals surface area contributed by atoms with E-state index in [1.165, 1.54) is 0 Å². The van der Waals surface area contributed by atoms with E-state index < -0.39 is 10.0 Å². The van der Waals surface area contributed by atoms with Gasteiger partial charge in [0.25, 0.3) is 0 Å². The zero-order valence-electron chi connectivity index (χ0n) is 18.9. The Labute approximate surface area is 197 Å². The van der Waals surface area contributed by atoms with Crippen molar-refractivity contribution in [1.29, 1.82) is 0 Å². The lowest BCUT2D eigenvalue weighted by molar-refractivity contribution is -0.131. The summed E-state index contributed by atoms with van der Waals surface area (Å²) in [6.07, 6.45) is 4.00. The first-order valence-corrected chi connectivity index (χ1v) is 13.3. The second-order valence-electron chi connectivity index (χ2n) is 9.21. The number of likely N-dealkylation sites (tertiary alicyclic amines) is 1. The molecule has 2 aliphatic rings. The molecule has 5 rings (SSSR count). The molecule has 1 aromatic heterocycles. The first-order chi connectivity index (χ1) is 16.3. The monoisotopic (exact) mass is 481 g/mol. The maximum absolute atomic E-state index is 12.5. The molecule has 2 fully saturated rings. The number of benzene rings is 2. The van der Waals surface area contributed by atoms with Crippen LogP contribution < -0.4 is 10.4 Å². The van der Waals surface area contributed by atoms with Crippen LogP contribution in [0.1, 0.15) is 19.3 Å². The van der Waals surface area contributed by atoms with Gasteiger partial charge in [-0.2, -0.15) is 5.10 Å². The highest BCUT2D eigenvalue weighted by Crippen LogP contribution is 2.33. The molecule has 3 aromatic rings. The molecule has 2 N–H and O–H groups in total. The number of anilines is 1. The minimum atomic E-state index is -3.36. The van der Waals surface area contributed by atoms with E-state index in [1.54, 1.807) is 22.8 Å². The minimum absolute atomic E-state index is 0.215. The van der Waals surface area contributed by atoms with Crippen LogP contribution in [0.2, 0.25) is 0 Å². The minimum Gasteiger partial charge on any atom is -0.342 e. The Hall–Kier alpha value is -3.40. The summed E-state index contributed by atoms with van der Waals surface area (Å²) in [5, 5.41) is 6.80. The zero-order valence-corrected chi connectivity index (χ0v) is 19.7. The van der Waals surface area contributed by atoms with Crippen molar-refractivity contribution in [1.82, 2.24) is 19.7 Å². The predicted molar refractivity (Wildman–Crippen MR) is 130 cm³/mol. The molecule has 1 aliphatic heterocycles. The van der Waals surface area contributed by atoms with Gasteiger partial charge in [0.05, 0.1) is 6.26 Å². The first-order valence-electron chi connectivity index (χ1n) is 11.4. The number of carbonyl (C=O) groups excluding carboxylic acids is 1. The van der Waals surface area contributed by atoms with Gasteiger partial charge in [0.1, 0.15) is 0 Å². The molecule has 1 atom stereocenters. The van der Waals surface area contributed by atoms with Gasteiger partial charge in [-0.05, 0) is 48.4 Å². The fourth-order valence-electron chi connectivity index (χ4n) is 4.52. The van der Waals surface area contributed by atoms with E-state index >= 15 is 0 Å². The molecule has 1 saturated carbocycles. The van der Waals surface area contributed by atoms with Crippen LogP contribution in [0.4, 0.5) is 5.69 Å². The Morgan fingerprint density at radius 1 is 1.09 bits per heavy atom. The number of rotatable bonds is 7. The van der Waals surface area contributed by atoms with Gasteiger partial charge in [-0.1, -0.05) is 36.4 Å². The van der Waals surface area contributed by atoms with Crippen molar-refractivity contribution in [2.75, 3.05) is 24.1 Å². The Morgan fingerprint density at radius 2 is 1.82 bits per heavy atom. The number of aromatic nitrogens is 3. The van der Waals surface area contributed by atoms with E-state index in [0.29, 0.717) is 24.6 Å². The first kappa shape index (κ1) is 22.4. The summed E-state index contributed by atoms with van der Waals surface area (Å²) < 4.78 is 27.2. The molecular weight excluding hydrogens is 454 g/mol. The Kier molecular flexibility index (Phi) is 5.76. The molecule has 34 heavy (non-hydrogen) atoms. The van der Waals surface area contributed by atoms with Crippen LogP contribution >= 0.6 is 0 Å². The molecule has 2 aromatic carbocycles. The van der Waals surface area contributed by atoms with Crippen LogP contribution in [-0.2, 0) is 21.4 Å². The molecule has 178 valence electrons. The average molecular weight is 482 g/mol. The molecular formula is C24H27N5O4S. The van der Waals surface area contributed by atoms with Crippen molar-refractivity contribution in [3.8, 4) is 22.5 Å². The quantitative estimate of drug-likeness (QED) is 0.538. The molecule has 1 amide bonds. The standard InChI is InChI=1S/C24H27N5O4S/c1-34(32,33)27-21-4-2-3-20(13-21)17-5-7-18(8-6-17)22-25-26-24(31)29(22)15-16-11-12-28(14-16)23(30)19-9-10-19/h2-8,13,16,19,27H,9-12,14-15H2,1H3,(H,26,31)/t16-/m1/s1. The van der Waals surface area contributed by atoms with Gasteiger partial charge < -0.3 is 4.90 Å². The summed E-state index contributed by atoms with van der Waals surface area (Å²) >= 11 is 0. The van der Waals surface area contributed by atoms with E-state index in [1.807, 2.05) is 35.2 Å². The van der Waals surface area contributed by atoms with Crippen LogP contribution in [0.3, 0.4) is 0 Å². The molecule has 0 spiro atoms. The number of aromatic amines is 1. The molecule has 1 aliphatic carbocycles. The molecule has 0 radical (unpaired) electrons. The summed E-state index contributed by atoms with van der Waals surface area (Å²) in [7, 11) is -3.36. The van der Waals surface area contributed by atoms with Gasteiger partial charge >= 0.3 is 5.69 Å². The maximum Gasteiger partial charge on any atom is 0.343 e. The molecule has 9 nitrogen and oxygen atoms in total. The highest BCUT2D eigenvalue weighted by molar-refractivity contribution is 7.92. The van der Waals surface area contributed by atoms with E-state index in [4.69, 9.17) is 0 Å². The van der Waals surface area contributed by atoms with E-state index in [9.17, 15) is 18.0 Å². The number of nitrogens with one attached hydrogen (secondary N) is 2. The maximum atomic E-state index is 12.5. The normalized spacial score (nSPS) is 18.3. The number of hydrogen-bond donors (Lipinski definition) is 2. The van der Waals surface area contributed by atoms with Crippen molar-refractivity contribution < 1.29 is 13.2 Å². The number of H-pyrrole nitrogens is 1. The van der Waals surface area contributed by atoms with Crippen LogP contribution in [0.5, 0.6) is 0 Å². The predicted octanol–water partition coefficient (Wildman–Crippen LogP) is 2.54. The lowest BCUT2D eigenvalue weighted by Gasteiger charge is -2.16. The van der Waals surface area contributed by atoms with Crippen LogP contribution in [0, 0.1) is 11.8 Å². The molecule has 0 unspecified atom stereocenters. The van der Waals surface area contributed by atoms with Crippen LogP contribution in [0.25, 0.3) is 22.5 Å². The van der Waals surface area contributed by atoms with Gasteiger partial charge in [-0.3, -0.25) is 14.1 Å². The second kappa shape index (κ2) is 8.75. The number of nitrogens with zero attached hydrogens (tertiary/aromatic N) is 3. The highest BCUT2D eigenvalue weighted by Gasteiger charge is 2.36. The Bertz CT molecular complexity index is 1370. The molecule has 1 saturated heterocycles. The summed E-state index contributed by atoms with van der Waals surface area (Å²) in [6, 6.07) is 14.8. The average Bonchev–Trinajstić information content (AvgIpc) is 3.45. The van der Waals surface area contributed by atoms with Crippen molar-refractivity contribution >= 4 is 21.6 Å². The number of hydrogen-bond acceptors (Lipinski definition) is 5. The van der Waals surface area contributed by atoms with Crippen LogP contribution in [-0.4, -0.2) is 53.3 Å². The van der Waals surface area contributed by atoms with Gasteiger partial charge in [0, 0.05) is 36.8 Å². The summed E-state index contributed by atoms with van der Waals surface area (Å²) in [4.78, 5) is 26.8. The highest BCUT2D eigenvalue weighted by atomic mass is 32.2. The number of amides is 1. The third kappa shape index (κ3) is 4.91. The van der Waals surface area contributed by atoms with Gasteiger partial charge in [0.2, 0.25) is 15.9 Å². The topological polar surface area (TPSA) is 117 Å². The number of sulfonamides is 1. The van der Waals surface area contributed by atoms with Crippen molar-refractivity contribution in [2.24, 2.45) is 11.8 Å². The molecule has 0 bridgehead atoms. The number of carbonyl (C=O) groups is 1. The smallest absolute Gasteiger partial charge is 0.342 e. The van der Waals surface area contributed by atoms with Gasteiger partial charge in [0.15, 0.2) is 5.82 Å².